The van der Waals surface area contributed by atoms with E-state index in [1.54, 1.807) is 25.6 Å². The van der Waals surface area contributed by atoms with Crippen molar-refractivity contribution in [2.24, 2.45) is 0 Å². The third-order valence-corrected chi connectivity index (χ3v) is 2.54. The molecule has 1 aromatic heterocycles. The molecule has 0 amide bonds. The van der Waals surface area contributed by atoms with E-state index in [2.05, 4.69) is 0 Å². The van der Waals surface area contributed by atoms with Gasteiger partial charge < -0.3 is 9.47 Å². The molecule has 2 nitrogen and oxygen atoms in total. The first-order valence-electron chi connectivity index (χ1n) is 3.38. The van der Waals surface area contributed by atoms with Crippen molar-refractivity contribution in [1.29, 1.82) is 0 Å². The molecular formula is C9H16O2S. The van der Waals surface area contributed by atoms with Crippen LogP contribution in [0, 0.1) is 13.8 Å². The molecule has 0 bridgehead atoms. The monoisotopic (exact) mass is 188 g/mol. The van der Waals surface area contributed by atoms with Gasteiger partial charge in [-0.1, -0.05) is 7.43 Å². The van der Waals surface area contributed by atoms with Crippen LogP contribution in [0.15, 0.2) is 0 Å². The van der Waals surface area contributed by atoms with E-state index in [1.165, 1.54) is 9.75 Å². The molecule has 0 N–H and O–H groups in total. The van der Waals surface area contributed by atoms with Crippen molar-refractivity contribution >= 4 is 11.3 Å². The lowest BCUT2D eigenvalue weighted by Gasteiger charge is -2.02. The molecular weight excluding hydrogens is 172 g/mol. The van der Waals surface area contributed by atoms with Crippen molar-refractivity contribution in [3.05, 3.63) is 9.75 Å². The highest BCUT2D eigenvalue weighted by atomic mass is 32.1. The molecule has 0 radical (unpaired) electrons. The smallest absolute Gasteiger partial charge is 0.174 e. The molecule has 12 heavy (non-hydrogen) atoms. The lowest BCUT2D eigenvalue weighted by atomic mass is 10.4. The fraction of sp³-hybridized carbons (Fsp3) is 0.556. The first-order valence-corrected chi connectivity index (χ1v) is 4.20. The van der Waals surface area contributed by atoms with Crippen molar-refractivity contribution < 1.29 is 9.47 Å². The van der Waals surface area contributed by atoms with Crippen LogP contribution in [0.2, 0.25) is 0 Å². The zero-order chi connectivity index (χ0) is 8.43. The number of aryl methyl sites for hydroxylation is 2. The van der Waals surface area contributed by atoms with Gasteiger partial charge in [0.05, 0.1) is 14.2 Å². The second-order valence-electron chi connectivity index (χ2n) is 2.28. The largest absolute Gasteiger partial charge is 0.492 e. The van der Waals surface area contributed by atoms with Crippen LogP contribution in [0.1, 0.15) is 17.2 Å². The Kier molecular flexibility index (Phi) is 4.10. The summed E-state index contributed by atoms with van der Waals surface area (Å²) in [6.07, 6.45) is 0. The van der Waals surface area contributed by atoms with Gasteiger partial charge in [-0.15, -0.1) is 11.3 Å². The van der Waals surface area contributed by atoms with Gasteiger partial charge in [0.15, 0.2) is 11.5 Å². The highest BCUT2D eigenvalue weighted by Gasteiger charge is 2.12. The van der Waals surface area contributed by atoms with Crippen molar-refractivity contribution in [3.8, 4) is 11.5 Å². The highest BCUT2D eigenvalue weighted by molar-refractivity contribution is 7.12. The summed E-state index contributed by atoms with van der Waals surface area (Å²) in [6, 6.07) is 0. The van der Waals surface area contributed by atoms with Gasteiger partial charge in [0, 0.05) is 9.75 Å². The third kappa shape index (κ3) is 1.72. The molecule has 0 aliphatic carbocycles. The Morgan fingerprint density at radius 3 is 1.50 bits per heavy atom. The molecule has 1 heterocycles. The SMILES string of the molecule is C.COc1c(C)sc(C)c1OC. The van der Waals surface area contributed by atoms with Gasteiger partial charge in [0.1, 0.15) is 0 Å². The minimum absolute atomic E-state index is 0. The van der Waals surface area contributed by atoms with E-state index in [-0.39, 0.29) is 7.43 Å². The summed E-state index contributed by atoms with van der Waals surface area (Å²) in [5.41, 5.74) is 0. The fourth-order valence-corrected chi connectivity index (χ4v) is 2.11. The van der Waals surface area contributed by atoms with Crippen LogP contribution in [-0.4, -0.2) is 14.2 Å². The Labute approximate surface area is 78.1 Å². The maximum absolute atomic E-state index is 5.17. The van der Waals surface area contributed by atoms with Crippen LogP contribution in [-0.2, 0) is 0 Å². The Morgan fingerprint density at radius 2 is 1.25 bits per heavy atom. The van der Waals surface area contributed by atoms with Crippen molar-refractivity contribution in [3.63, 3.8) is 0 Å². The molecule has 0 saturated heterocycles. The molecule has 0 atom stereocenters. The zero-order valence-corrected chi connectivity index (χ0v) is 8.04. The molecule has 0 unspecified atom stereocenters. The van der Waals surface area contributed by atoms with Crippen molar-refractivity contribution in [2.75, 3.05) is 14.2 Å². The summed E-state index contributed by atoms with van der Waals surface area (Å²) in [4.78, 5) is 2.34. The fourth-order valence-electron chi connectivity index (χ4n) is 1.11. The minimum atomic E-state index is 0. The second-order valence-corrected chi connectivity index (χ2v) is 3.71. The molecule has 0 aliphatic rings. The van der Waals surface area contributed by atoms with Crippen LogP contribution >= 0.6 is 11.3 Å². The van der Waals surface area contributed by atoms with Gasteiger partial charge in [-0.05, 0) is 13.8 Å². The average molecular weight is 188 g/mol. The molecule has 0 fully saturated rings. The normalized spacial score (nSPS) is 9.00. The maximum Gasteiger partial charge on any atom is 0.174 e. The number of hydrogen-bond donors (Lipinski definition) is 0. The first-order chi connectivity index (χ1) is 5.20. The molecule has 3 heteroatoms. The van der Waals surface area contributed by atoms with Crippen LogP contribution in [0.3, 0.4) is 0 Å². The molecule has 1 rings (SSSR count). The van der Waals surface area contributed by atoms with Crippen LogP contribution in [0.25, 0.3) is 0 Å². The Balaban J connectivity index is 0.00000121. The summed E-state index contributed by atoms with van der Waals surface area (Å²) < 4.78 is 10.3. The van der Waals surface area contributed by atoms with Gasteiger partial charge in [-0.25, -0.2) is 0 Å². The second kappa shape index (κ2) is 4.36. The molecule has 0 aromatic carbocycles. The van der Waals surface area contributed by atoms with E-state index in [1.807, 2.05) is 13.8 Å². The number of thiophene rings is 1. The summed E-state index contributed by atoms with van der Waals surface area (Å²) in [6.45, 7) is 4.05. The van der Waals surface area contributed by atoms with E-state index >= 15 is 0 Å². The molecule has 0 spiro atoms. The van der Waals surface area contributed by atoms with Crippen molar-refractivity contribution in [2.45, 2.75) is 21.3 Å². The van der Waals surface area contributed by atoms with Crippen molar-refractivity contribution in [1.82, 2.24) is 0 Å². The van der Waals surface area contributed by atoms with E-state index < -0.39 is 0 Å². The predicted octanol–water partition coefficient (Wildman–Crippen LogP) is 3.02. The van der Waals surface area contributed by atoms with Crippen LogP contribution in [0.4, 0.5) is 0 Å². The Bertz CT molecular complexity index is 229. The van der Waals surface area contributed by atoms with Gasteiger partial charge in [0.25, 0.3) is 0 Å². The highest BCUT2D eigenvalue weighted by Crippen LogP contribution is 2.40. The summed E-state index contributed by atoms with van der Waals surface area (Å²) in [7, 11) is 3.33. The molecule has 70 valence electrons. The summed E-state index contributed by atoms with van der Waals surface area (Å²) in [5.74, 6) is 1.74. The third-order valence-electron chi connectivity index (χ3n) is 1.56. The van der Waals surface area contributed by atoms with Crippen LogP contribution < -0.4 is 9.47 Å². The number of rotatable bonds is 2. The Hall–Kier alpha value is -0.700. The lowest BCUT2D eigenvalue weighted by Crippen LogP contribution is -1.88. The first kappa shape index (κ1) is 11.3. The quantitative estimate of drug-likeness (QED) is 0.710. The minimum Gasteiger partial charge on any atom is -0.492 e. The van der Waals surface area contributed by atoms with Crippen LogP contribution in [0.5, 0.6) is 11.5 Å². The van der Waals surface area contributed by atoms with E-state index in [0.29, 0.717) is 0 Å². The Morgan fingerprint density at radius 1 is 0.917 bits per heavy atom. The number of ether oxygens (including phenoxy) is 2. The predicted molar refractivity (Wildman–Crippen MR) is 53.6 cm³/mol. The van der Waals surface area contributed by atoms with Gasteiger partial charge in [-0.2, -0.15) is 0 Å². The molecule has 1 aromatic rings. The molecule has 0 aliphatic heterocycles. The maximum atomic E-state index is 5.17. The average Bonchev–Trinajstić information content (AvgIpc) is 2.24. The number of methoxy groups -OCH3 is 2. The van der Waals surface area contributed by atoms with Gasteiger partial charge >= 0.3 is 0 Å². The van der Waals surface area contributed by atoms with E-state index in [9.17, 15) is 0 Å². The summed E-state index contributed by atoms with van der Waals surface area (Å²) >= 11 is 1.69. The molecule has 0 saturated carbocycles. The van der Waals surface area contributed by atoms with Gasteiger partial charge in [-0.3, -0.25) is 0 Å². The van der Waals surface area contributed by atoms with E-state index in [4.69, 9.17) is 9.47 Å². The standard InChI is InChI=1S/C8H12O2S.CH4/c1-5-7(9-3)8(10-4)6(2)11-5;/h1-4H3;1H4. The van der Waals surface area contributed by atoms with Gasteiger partial charge in [0.2, 0.25) is 0 Å². The van der Waals surface area contributed by atoms with E-state index in [0.717, 1.165) is 11.5 Å². The topological polar surface area (TPSA) is 18.5 Å². The number of hydrogen-bond acceptors (Lipinski definition) is 3. The zero-order valence-electron chi connectivity index (χ0n) is 7.22. The summed E-state index contributed by atoms with van der Waals surface area (Å²) in [5, 5.41) is 0. The lowest BCUT2D eigenvalue weighted by molar-refractivity contribution is 0.355.